The molecule has 0 saturated heterocycles. The van der Waals surface area contributed by atoms with E-state index in [-0.39, 0.29) is 18.1 Å². The van der Waals surface area contributed by atoms with Gasteiger partial charge in [0.15, 0.2) is 0 Å². The molecule has 208 valence electrons. The highest BCUT2D eigenvalue weighted by molar-refractivity contribution is 7.91. The van der Waals surface area contributed by atoms with Crippen LogP contribution in [0.2, 0.25) is 0 Å². The number of hydrogen-bond donors (Lipinski definition) is 0. The zero-order valence-electron chi connectivity index (χ0n) is 22.3. The predicted molar refractivity (Wildman–Crippen MR) is 139 cm³/mol. The minimum absolute atomic E-state index is 0.0399. The SMILES string of the molecule is CCOC(=O)CC(C=N[S+]([O-])C(C)(C)C)c1c(F)c(-c2c(C)ccc(C3CC3)c2C)cc(C(F)(F)F)c1F. The summed E-state index contributed by atoms with van der Waals surface area (Å²) in [6, 6.07) is 4.10. The summed E-state index contributed by atoms with van der Waals surface area (Å²) in [7, 11) is 0. The lowest BCUT2D eigenvalue weighted by atomic mass is 9.85. The van der Waals surface area contributed by atoms with E-state index in [0.717, 1.165) is 24.6 Å². The summed E-state index contributed by atoms with van der Waals surface area (Å²) in [5, 5.41) is 0. The predicted octanol–water partition coefficient (Wildman–Crippen LogP) is 7.71. The second kappa shape index (κ2) is 11.3. The summed E-state index contributed by atoms with van der Waals surface area (Å²) < 4.78 is 94.4. The van der Waals surface area contributed by atoms with Crippen LogP contribution in [0, 0.1) is 25.5 Å². The molecule has 0 aromatic heterocycles. The summed E-state index contributed by atoms with van der Waals surface area (Å²) in [4.78, 5) is 12.3. The van der Waals surface area contributed by atoms with Gasteiger partial charge in [0.05, 0.1) is 24.8 Å². The standard InChI is InChI=1S/C28H32F5NO3S/c1-7-37-22(35)12-18(14-34-38(36)27(4,5)6)24-25(29)20(13-21(26(24)30)28(31,32)33)23-15(2)8-11-19(16(23)3)17-9-10-17/h8,11,13-14,17-18H,7,9-10,12H2,1-6H3. The topological polar surface area (TPSA) is 61.7 Å². The van der Waals surface area contributed by atoms with Crippen molar-refractivity contribution in [3.05, 3.63) is 57.7 Å². The second-order valence-corrected chi connectivity index (χ2v) is 12.4. The Morgan fingerprint density at radius 1 is 1.18 bits per heavy atom. The third kappa shape index (κ3) is 6.57. The zero-order valence-corrected chi connectivity index (χ0v) is 23.1. The fourth-order valence-electron chi connectivity index (χ4n) is 4.40. The van der Waals surface area contributed by atoms with Crippen molar-refractivity contribution < 1.29 is 36.0 Å². The summed E-state index contributed by atoms with van der Waals surface area (Å²) in [6.07, 6.45) is -3.08. The van der Waals surface area contributed by atoms with Crippen molar-refractivity contribution in [3.8, 4) is 11.1 Å². The maximum atomic E-state index is 16.2. The first kappa shape index (κ1) is 30.1. The monoisotopic (exact) mass is 557 g/mol. The number of hydrogen-bond acceptors (Lipinski definition) is 4. The van der Waals surface area contributed by atoms with E-state index in [1.54, 1.807) is 40.7 Å². The van der Waals surface area contributed by atoms with Crippen LogP contribution in [0.5, 0.6) is 0 Å². The first-order valence-corrected chi connectivity index (χ1v) is 13.5. The largest absolute Gasteiger partial charge is 0.591 e. The van der Waals surface area contributed by atoms with Crippen LogP contribution in [-0.4, -0.2) is 28.1 Å². The van der Waals surface area contributed by atoms with E-state index in [1.165, 1.54) is 6.92 Å². The number of rotatable bonds is 8. The van der Waals surface area contributed by atoms with Crippen molar-refractivity contribution in [2.45, 2.75) is 83.6 Å². The molecule has 0 amide bonds. The normalized spacial score (nSPS) is 16.1. The number of benzene rings is 2. The molecule has 3 rings (SSSR count). The van der Waals surface area contributed by atoms with Crippen LogP contribution in [0.15, 0.2) is 22.6 Å². The zero-order chi connectivity index (χ0) is 28.6. The number of aryl methyl sites for hydroxylation is 1. The van der Waals surface area contributed by atoms with Gasteiger partial charge in [0, 0.05) is 17.0 Å². The minimum atomic E-state index is -5.14. The van der Waals surface area contributed by atoms with E-state index >= 15 is 8.78 Å². The molecule has 2 aromatic carbocycles. The average Bonchev–Trinajstić information content (AvgIpc) is 3.62. The van der Waals surface area contributed by atoms with Crippen molar-refractivity contribution in [1.82, 2.24) is 0 Å². The Hall–Kier alpha value is -2.46. The molecule has 1 fully saturated rings. The number of carbonyl (C=O) groups excluding carboxylic acids is 1. The Bertz CT molecular complexity index is 1230. The fraction of sp³-hybridized carbons (Fsp3) is 0.500. The first-order chi connectivity index (χ1) is 17.6. The smallest absolute Gasteiger partial charge is 0.419 e. The van der Waals surface area contributed by atoms with Crippen molar-refractivity contribution >= 4 is 23.5 Å². The van der Waals surface area contributed by atoms with E-state index in [4.69, 9.17) is 4.74 Å². The van der Waals surface area contributed by atoms with Crippen LogP contribution in [0.25, 0.3) is 11.1 Å². The highest BCUT2D eigenvalue weighted by Gasteiger charge is 2.40. The molecule has 1 aliphatic carbocycles. The molecular formula is C28H32F5NO3S. The highest BCUT2D eigenvalue weighted by atomic mass is 32.2. The van der Waals surface area contributed by atoms with Crippen LogP contribution in [-0.2, 0) is 27.1 Å². The highest BCUT2D eigenvalue weighted by Crippen LogP contribution is 2.46. The van der Waals surface area contributed by atoms with Crippen molar-refractivity contribution in [1.29, 1.82) is 0 Å². The molecule has 0 radical (unpaired) electrons. The van der Waals surface area contributed by atoms with Crippen molar-refractivity contribution in [2.75, 3.05) is 6.61 Å². The number of halogens is 5. The molecule has 1 aliphatic rings. The van der Waals surface area contributed by atoms with Gasteiger partial charge in [-0.25, -0.2) is 8.78 Å². The van der Waals surface area contributed by atoms with Gasteiger partial charge in [-0.2, -0.15) is 13.2 Å². The van der Waals surface area contributed by atoms with E-state index in [0.29, 0.717) is 17.2 Å². The van der Waals surface area contributed by atoms with E-state index < -0.39 is 68.9 Å². The van der Waals surface area contributed by atoms with Gasteiger partial charge in [0.1, 0.15) is 27.7 Å². The van der Waals surface area contributed by atoms with Crippen LogP contribution < -0.4 is 0 Å². The maximum absolute atomic E-state index is 16.2. The van der Waals surface area contributed by atoms with Crippen LogP contribution >= 0.6 is 0 Å². The fourth-order valence-corrected chi connectivity index (χ4v) is 4.97. The quantitative estimate of drug-likeness (QED) is 0.145. The number of ether oxygens (including phenoxy) is 1. The van der Waals surface area contributed by atoms with Crippen molar-refractivity contribution in [2.24, 2.45) is 4.40 Å². The Labute approximate surface area is 223 Å². The number of nitrogens with zero attached hydrogens (tertiary/aromatic N) is 1. The summed E-state index contributed by atoms with van der Waals surface area (Å²) in [5.41, 5.74) is -0.710. The second-order valence-electron chi connectivity index (χ2n) is 10.5. The number of carbonyl (C=O) groups is 1. The molecule has 38 heavy (non-hydrogen) atoms. The molecule has 0 spiro atoms. The average molecular weight is 558 g/mol. The first-order valence-electron chi connectivity index (χ1n) is 12.4. The van der Waals surface area contributed by atoms with Crippen LogP contribution in [0.1, 0.15) is 86.6 Å². The Morgan fingerprint density at radius 2 is 1.82 bits per heavy atom. The van der Waals surface area contributed by atoms with Gasteiger partial charge in [-0.05, 0) is 88.6 Å². The van der Waals surface area contributed by atoms with Gasteiger partial charge >= 0.3 is 12.1 Å². The van der Waals surface area contributed by atoms with E-state index in [9.17, 15) is 22.5 Å². The Kier molecular flexibility index (Phi) is 8.98. The third-order valence-corrected chi connectivity index (χ3v) is 7.83. The molecule has 0 bridgehead atoms. The third-order valence-electron chi connectivity index (χ3n) is 6.46. The lowest BCUT2D eigenvalue weighted by Crippen LogP contribution is -2.26. The summed E-state index contributed by atoms with van der Waals surface area (Å²) in [5.74, 6) is -5.29. The van der Waals surface area contributed by atoms with Gasteiger partial charge < -0.3 is 9.29 Å². The van der Waals surface area contributed by atoms with Gasteiger partial charge in [-0.15, -0.1) is 0 Å². The van der Waals surface area contributed by atoms with E-state index in [1.807, 2.05) is 6.07 Å². The lowest BCUT2D eigenvalue weighted by molar-refractivity contribution is -0.143. The Morgan fingerprint density at radius 3 is 2.34 bits per heavy atom. The number of alkyl halides is 3. The molecule has 0 heterocycles. The van der Waals surface area contributed by atoms with E-state index in [2.05, 4.69) is 4.40 Å². The molecule has 0 N–H and O–H groups in total. The molecular weight excluding hydrogens is 525 g/mol. The molecule has 2 unspecified atom stereocenters. The molecule has 1 saturated carbocycles. The molecule has 0 aliphatic heterocycles. The molecule has 10 heteroatoms. The maximum Gasteiger partial charge on any atom is 0.419 e. The minimum Gasteiger partial charge on any atom is -0.591 e. The van der Waals surface area contributed by atoms with Gasteiger partial charge in [0.25, 0.3) is 0 Å². The number of esters is 1. The summed E-state index contributed by atoms with van der Waals surface area (Å²) in [6.45, 7) is 9.70. The van der Waals surface area contributed by atoms with Gasteiger partial charge in [-0.3, -0.25) is 4.79 Å². The lowest BCUT2D eigenvalue weighted by Gasteiger charge is -2.23. The Balaban J connectivity index is 2.32. The molecule has 2 aromatic rings. The molecule has 4 nitrogen and oxygen atoms in total. The van der Waals surface area contributed by atoms with Gasteiger partial charge in [0.2, 0.25) is 0 Å². The van der Waals surface area contributed by atoms with Crippen molar-refractivity contribution in [3.63, 3.8) is 0 Å². The van der Waals surface area contributed by atoms with Crippen LogP contribution in [0.3, 0.4) is 0 Å². The molecule has 2 atom stereocenters. The van der Waals surface area contributed by atoms with Gasteiger partial charge in [-0.1, -0.05) is 16.5 Å². The van der Waals surface area contributed by atoms with Crippen LogP contribution in [0.4, 0.5) is 22.0 Å². The summed E-state index contributed by atoms with van der Waals surface area (Å²) >= 11 is -1.89.